The Morgan fingerprint density at radius 2 is 2.15 bits per heavy atom. The number of nitrogens with one attached hydrogen (secondary N) is 1. The number of rotatable bonds is 5. The van der Waals surface area contributed by atoms with Crippen molar-refractivity contribution in [2.24, 2.45) is 0 Å². The summed E-state index contributed by atoms with van der Waals surface area (Å²) in [5, 5.41) is 2.38. The van der Waals surface area contributed by atoms with Gasteiger partial charge in [0.05, 0.1) is 19.4 Å². The molecular formula is C7H13NO4S. The summed E-state index contributed by atoms with van der Waals surface area (Å²) in [6, 6.07) is 0. The van der Waals surface area contributed by atoms with E-state index in [-0.39, 0.29) is 19.1 Å². The standard InChI is InChI=1S/C7H13NO4S/c1-11-7(10)8-3-4-12-6(9)5-13-2/h3-5H2,1-2H3,(H,8,10). The molecular weight excluding hydrogens is 194 g/mol. The van der Waals surface area contributed by atoms with Crippen molar-refractivity contribution in [2.75, 3.05) is 32.3 Å². The second-order valence-corrected chi connectivity index (χ2v) is 2.94. The molecule has 0 atom stereocenters. The maximum absolute atomic E-state index is 10.8. The first-order valence-electron chi connectivity index (χ1n) is 3.67. The van der Waals surface area contributed by atoms with Crippen molar-refractivity contribution in [3.8, 4) is 0 Å². The van der Waals surface area contributed by atoms with E-state index >= 15 is 0 Å². The molecule has 1 amide bonds. The minimum absolute atomic E-state index is 0.175. The van der Waals surface area contributed by atoms with Crippen LogP contribution in [0.25, 0.3) is 0 Å². The van der Waals surface area contributed by atoms with Gasteiger partial charge in [-0.25, -0.2) is 4.79 Å². The molecule has 0 saturated carbocycles. The summed E-state index contributed by atoms with van der Waals surface area (Å²) < 4.78 is 9.06. The third-order valence-corrected chi connectivity index (χ3v) is 1.61. The molecule has 0 aromatic rings. The minimum atomic E-state index is -0.527. The van der Waals surface area contributed by atoms with Gasteiger partial charge in [0.15, 0.2) is 0 Å². The fraction of sp³-hybridized carbons (Fsp3) is 0.714. The van der Waals surface area contributed by atoms with Crippen LogP contribution in [0.3, 0.4) is 0 Å². The number of ether oxygens (including phenoxy) is 2. The van der Waals surface area contributed by atoms with Gasteiger partial charge in [0, 0.05) is 0 Å². The Kier molecular flexibility index (Phi) is 7.18. The zero-order chi connectivity index (χ0) is 10.1. The van der Waals surface area contributed by atoms with E-state index in [0.717, 1.165) is 0 Å². The highest BCUT2D eigenvalue weighted by Gasteiger charge is 2.01. The fourth-order valence-electron chi connectivity index (χ4n) is 0.550. The maximum atomic E-state index is 10.8. The molecule has 0 aliphatic carbocycles. The molecule has 0 aliphatic rings. The lowest BCUT2D eigenvalue weighted by Crippen LogP contribution is -2.27. The van der Waals surface area contributed by atoms with Crippen molar-refractivity contribution >= 4 is 23.8 Å². The Balaban J connectivity index is 3.25. The molecule has 0 heterocycles. The van der Waals surface area contributed by atoms with Gasteiger partial charge in [-0.3, -0.25) is 4.79 Å². The number of alkyl carbamates (subject to hydrolysis) is 1. The van der Waals surface area contributed by atoms with Crippen LogP contribution in [0.5, 0.6) is 0 Å². The van der Waals surface area contributed by atoms with Crippen molar-refractivity contribution in [3.63, 3.8) is 0 Å². The number of thioether (sulfide) groups is 1. The van der Waals surface area contributed by atoms with Gasteiger partial charge in [0.1, 0.15) is 6.61 Å². The van der Waals surface area contributed by atoms with Gasteiger partial charge in [-0.15, -0.1) is 0 Å². The van der Waals surface area contributed by atoms with Crippen LogP contribution in [0.15, 0.2) is 0 Å². The first kappa shape index (κ1) is 12.1. The normalized spacial score (nSPS) is 9.08. The van der Waals surface area contributed by atoms with Crippen molar-refractivity contribution < 1.29 is 19.1 Å². The van der Waals surface area contributed by atoms with Crippen molar-refractivity contribution in [3.05, 3.63) is 0 Å². The number of methoxy groups -OCH3 is 1. The lowest BCUT2D eigenvalue weighted by molar-refractivity contribution is -0.140. The van der Waals surface area contributed by atoms with Gasteiger partial charge < -0.3 is 14.8 Å². The molecule has 0 aromatic heterocycles. The quantitative estimate of drug-likeness (QED) is 0.517. The summed E-state index contributed by atoms with van der Waals surface area (Å²) in [5.41, 5.74) is 0. The topological polar surface area (TPSA) is 64.6 Å². The summed E-state index contributed by atoms with van der Waals surface area (Å²) in [5.74, 6) is 0.0530. The highest BCUT2D eigenvalue weighted by Crippen LogP contribution is 1.92. The maximum Gasteiger partial charge on any atom is 0.406 e. The van der Waals surface area contributed by atoms with Crippen molar-refractivity contribution in [1.29, 1.82) is 0 Å². The summed E-state index contributed by atoms with van der Waals surface area (Å²) in [6.45, 7) is 0.446. The number of esters is 1. The van der Waals surface area contributed by atoms with E-state index in [2.05, 4.69) is 10.1 Å². The van der Waals surface area contributed by atoms with Gasteiger partial charge in [0.2, 0.25) is 0 Å². The molecule has 0 spiro atoms. The number of amides is 1. The minimum Gasteiger partial charge on any atom is -0.463 e. The van der Waals surface area contributed by atoms with E-state index < -0.39 is 6.09 Å². The average Bonchev–Trinajstić information content (AvgIpc) is 2.12. The Morgan fingerprint density at radius 1 is 1.46 bits per heavy atom. The molecule has 0 aliphatic heterocycles. The van der Waals surface area contributed by atoms with Crippen LogP contribution in [0, 0.1) is 0 Å². The van der Waals surface area contributed by atoms with E-state index in [1.54, 1.807) is 0 Å². The van der Waals surface area contributed by atoms with Gasteiger partial charge >= 0.3 is 12.1 Å². The largest absolute Gasteiger partial charge is 0.463 e. The van der Waals surface area contributed by atoms with Crippen LogP contribution in [0.4, 0.5) is 4.79 Å². The number of hydrogen-bond acceptors (Lipinski definition) is 5. The number of hydrogen-bond donors (Lipinski definition) is 1. The van der Waals surface area contributed by atoms with E-state index in [0.29, 0.717) is 5.75 Å². The molecule has 1 N–H and O–H groups in total. The van der Waals surface area contributed by atoms with Crippen LogP contribution in [0.1, 0.15) is 0 Å². The van der Waals surface area contributed by atoms with Gasteiger partial charge in [-0.2, -0.15) is 11.8 Å². The lowest BCUT2D eigenvalue weighted by atomic mass is 10.7. The molecule has 0 unspecified atom stereocenters. The molecule has 0 aromatic carbocycles. The lowest BCUT2D eigenvalue weighted by Gasteiger charge is -2.04. The third-order valence-electron chi connectivity index (χ3n) is 1.08. The molecule has 76 valence electrons. The zero-order valence-corrected chi connectivity index (χ0v) is 8.48. The predicted molar refractivity (Wildman–Crippen MR) is 49.7 cm³/mol. The van der Waals surface area contributed by atoms with Crippen LogP contribution in [0.2, 0.25) is 0 Å². The summed E-state index contributed by atoms with van der Waals surface area (Å²) >= 11 is 1.39. The molecule has 0 fully saturated rings. The first-order valence-corrected chi connectivity index (χ1v) is 5.06. The monoisotopic (exact) mass is 207 g/mol. The smallest absolute Gasteiger partial charge is 0.406 e. The Morgan fingerprint density at radius 3 is 2.69 bits per heavy atom. The van der Waals surface area contributed by atoms with Crippen LogP contribution in [-0.2, 0) is 14.3 Å². The van der Waals surface area contributed by atoms with Crippen LogP contribution >= 0.6 is 11.8 Å². The number of carbonyl (C=O) groups excluding carboxylic acids is 2. The summed E-state index contributed by atoms with van der Waals surface area (Å²) in [4.78, 5) is 21.3. The Bertz CT molecular complexity index is 174. The second-order valence-electron chi connectivity index (χ2n) is 2.07. The average molecular weight is 207 g/mol. The van der Waals surface area contributed by atoms with Crippen molar-refractivity contribution in [1.82, 2.24) is 5.32 Å². The molecule has 0 radical (unpaired) electrons. The molecule has 13 heavy (non-hydrogen) atoms. The SMILES string of the molecule is COC(=O)NCCOC(=O)CSC. The predicted octanol–water partition coefficient (Wildman–Crippen LogP) is 0.249. The highest BCUT2D eigenvalue weighted by atomic mass is 32.2. The van der Waals surface area contributed by atoms with E-state index in [4.69, 9.17) is 4.74 Å². The Labute approximate surface area is 81.2 Å². The van der Waals surface area contributed by atoms with Gasteiger partial charge in [-0.1, -0.05) is 0 Å². The highest BCUT2D eigenvalue weighted by molar-refractivity contribution is 7.99. The van der Waals surface area contributed by atoms with Crippen molar-refractivity contribution in [2.45, 2.75) is 0 Å². The molecule has 6 heteroatoms. The molecule has 0 rings (SSSR count). The van der Waals surface area contributed by atoms with Gasteiger partial charge in [-0.05, 0) is 6.26 Å². The van der Waals surface area contributed by atoms with Gasteiger partial charge in [0.25, 0.3) is 0 Å². The van der Waals surface area contributed by atoms with E-state index in [9.17, 15) is 9.59 Å². The van der Waals surface area contributed by atoms with Crippen LogP contribution in [-0.4, -0.2) is 44.3 Å². The summed E-state index contributed by atoms with van der Waals surface area (Å²) in [6.07, 6.45) is 1.29. The molecule has 5 nitrogen and oxygen atoms in total. The van der Waals surface area contributed by atoms with E-state index in [1.165, 1.54) is 18.9 Å². The first-order chi connectivity index (χ1) is 6.20. The third kappa shape index (κ3) is 7.45. The Hall–Kier alpha value is -0.910. The van der Waals surface area contributed by atoms with Crippen LogP contribution < -0.4 is 5.32 Å². The zero-order valence-electron chi connectivity index (χ0n) is 7.66. The molecule has 0 bridgehead atoms. The van der Waals surface area contributed by atoms with E-state index in [1.807, 2.05) is 6.26 Å². The number of carbonyl (C=O) groups is 2. The summed E-state index contributed by atoms with van der Waals surface area (Å²) in [7, 11) is 1.27. The fourth-order valence-corrected chi connectivity index (χ4v) is 0.869. The molecule has 0 saturated heterocycles. The second kappa shape index (κ2) is 7.72.